The Kier molecular flexibility index (Phi) is 4.92. The molecule has 0 aliphatic heterocycles. The van der Waals surface area contributed by atoms with E-state index in [1.54, 1.807) is 0 Å². The predicted molar refractivity (Wildman–Crippen MR) is 144 cm³/mol. The van der Waals surface area contributed by atoms with Crippen molar-refractivity contribution in [1.29, 1.82) is 0 Å². The highest BCUT2D eigenvalue weighted by atomic mass is 14.6. The van der Waals surface area contributed by atoms with Crippen LogP contribution in [-0.2, 0) is 10.8 Å². The molecule has 0 amide bonds. The van der Waals surface area contributed by atoms with Crippen LogP contribution < -0.4 is 0 Å². The predicted octanol–water partition coefficient (Wildman–Crippen LogP) is 8.52. The maximum Gasteiger partial charge on any atom is 0.0131 e. The van der Waals surface area contributed by atoms with Gasteiger partial charge in [-0.15, -0.1) is 0 Å². The molecule has 6 rings (SSSR count). The molecule has 34 heavy (non-hydrogen) atoms. The van der Waals surface area contributed by atoms with Crippen molar-refractivity contribution in [2.45, 2.75) is 36.5 Å². The minimum atomic E-state index is -0.203. The summed E-state index contributed by atoms with van der Waals surface area (Å²) < 4.78 is 0. The van der Waals surface area contributed by atoms with E-state index in [-0.39, 0.29) is 22.7 Å². The van der Waals surface area contributed by atoms with Crippen molar-refractivity contribution in [2.75, 3.05) is 0 Å². The minimum absolute atomic E-state index is 0.203. The standard InChI is InChI=1S/C34H30/c1-33(27-15-5-3-6-16-27,31-23-21-25-13-9-11-19-29(25)31)34(2,28-17-7-4-8-18-28)32-24-22-26-14-10-12-20-30(26)32/h3-24,31-32H,1-2H3. The van der Waals surface area contributed by atoms with Crippen molar-refractivity contribution >= 4 is 12.2 Å². The van der Waals surface area contributed by atoms with Crippen LogP contribution in [-0.4, -0.2) is 0 Å². The summed E-state index contributed by atoms with van der Waals surface area (Å²) in [5, 5.41) is 0. The number of hydrogen-bond acceptors (Lipinski definition) is 0. The number of fused-ring (bicyclic) bond motifs is 2. The molecule has 0 saturated carbocycles. The molecule has 0 saturated heterocycles. The summed E-state index contributed by atoms with van der Waals surface area (Å²) in [6, 6.07) is 40.2. The summed E-state index contributed by atoms with van der Waals surface area (Å²) in [6.45, 7) is 5.00. The first-order valence-corrected chi connectivity index (χ1v) is 12.3. The van der Waals surface area contributed by atoms with E-state index in [0.717, 1.165) is 0 Å². The Bertz CT molecular complexity index is 1270. The molecule has 0 spiro atoms. The van der Waals surface area contributed by atoms with E-state index in [4.69, 9.17) is 0 Å². The van der Waals surface area contributed by atoms with Gasteiger partial charge in [-0.25, -0.2) is 0 Å². The third-order valence-corrected chi connectivity index (χ3v) is 8.67. The molecule has 0 radical (unpaired) electrons. The van der Waals surface area contributed by atoms with Crippen molar-refractivity contribution in [2.24, 2.45) is 0 Å². The maximum atomic E-state index is 2.50. The molecule has 2 aliphatic rings. The van der Waals surface area contributed by atoms with Gasteiger partial charge in [-0.1, -0.05) is 147 Å². The number of hydrogen-bond donors (Lipinski definition) is 0. The second kappa shape index (κ2) is 7.99. The molecule has 4 aromatic rings. The van der Waals surface area contributed by atoms with Crippen LogP contribution in [0, 0.1) is 0 Å². The smallest absolute Gasteiger partial charge is 0.0131 e. The molecule has 0 fully saturated rings. The highest BCUT2D eigenvalue weighted by molar-refractivity contribution is 5.68. The fourth-order valence-electron chi connectivity index (χ4n) is 6.68. The summed E-state index contributed by atoms with van der Waals surface area (Å²) >= 11 is 0. The van der Waals surface area contributed by atoms with Gasteiger partial charge in [0.25, 0.3) is 0 Å². The third kappa shape index (κ3) is 2.91. The summed E-state index contributed by atoms with van der Waals surface area (Å²) in [7, 11) is 0. The van der Waals surface area contributed by atoms with Gasteiger partial charge in [0.1, 0.15) is 0 Å². The number of benzene rings is 4. The lowest BCUT2D eigenvalue weighted by Gasteiger charge is -2.54. The average Bonchev–Trinajstić information content (AvgIpc) is 3.54. The van der Waals surface area contributed by atoms with E-state index in [1.807, 2.05) is 0 Å². The first kappa shape index (κ1) is 20.9. The normalized spacial score (nSPS) is 21.5. The molecule has 0 heteroatoms. The molecule has 2 aliphatic carbocycles. The Morgan fingerprint density at radius 2 is 0.794 bits per heavy atom. The summed E-state index contributed by atoms with van der Waals surface area (Å²) in [5.74, 6) is 0.523. The van der Waals surface area contributed by atoms with Crippen LogP contribution in [0.1, 0.15) is 59.1 Å². The summed E-state index contributed by atoms with van der Waals surface area (Å²) in [6.07, 6.45) is 9.54. The van der Waals surface area contributed by atoms with Gasteiger partial charge in [-0.3, -0.25) is 0 Å². The summed E-state index contributed by atoms with van der Waals surface area (Å²) in [4.78, 5) is 0. The molecule has 4 atom stereocenters. The second-order valence-electron chi connectivity index (χ2n) is 10.1. The van der Waals surface area contributed by atoms with E-state index in [9.17, 15) is 0 Å². The lowest BCUT2D eigenvalue weighted by molar-refractivity contribution is 0.208. The van der Waals surface area contributed by atoms with Crippen LogP contribution in [0.25, 0.3) is 12.2 Å². The molecule has 0 bridgehead atoms. The third-order valence-electron chi connectivity index (χ3n) is 8.67. The fraction of sp³-hybridized carbons (Fsp3) is 0.176. The van der Waals surface area contributed by atoms with Gasteiger partial charge < -0.3 is 0 Å². The Labute approximate surface area is 203 Å². The zero-order chi connectivity index (χ0) is 23.2. The monoisotopic (exact) mass is 438 g/mol. The molecular weight excluding hydrogens is 408 g/mol. The van der Waals surface area contributed by atoms with Gasteiger partial charge >= 0.3 is 0 Å². The van der Waals surface area contributed by atoms with Crippen LogP contribution in [0.4, 0.5) is 0 Å². The fourth-order valence-corrected chi connectivity index (χ4v) is 6.68. The molecule has 166 valence electrons. The first-order valence-electron chi connectivity index (χ1n) is 12.3. The van der Waals surface area contributed by atoms with Crippen LogP contribution in [0.2, 0.25) is 0 Å². The lowest BCUT2D eigenvalue weighted by Crippen LogP contribution is -2.51. The number of allylic oxidation sites excluding steroid dienone is 2. The SMILES string of the molecule is CC(c1ccccc1)(C1C=Cc2ccccc21)C(C)(c1ccccc1)C1C=Cc2ccccc21. The number of rotatable bonds is 5. The minimum Gasteiger partial charge on any atom is -0.0755 e. The van der Waals surface area contributed by atoms with Crippen molar-refractivity contribution in [3.63, 3.8) is 0 Å². The molecule has 4 aromatic carbocycles. The van der Waals surface area contributed by atoms with Gasteiger partial charge in [0.2, 0.25) is 0 Å². The molecule has 4 unspecified atom stereocenters. The van der Waals surface area contributed by atoms with Crippen LogP contribution in [0.15, 0.2) is 121 Å². The largest absolute Gasteiger partial charge is 0.0755 e. The Morgan fingerprint density at radius 3 is 1.21 bits per heavy atom. The van der Waals surface area contributed by atoms with Gasteiger partial charge in [0, 0.05) is 22.7 Å². The van der Waals surface area contributed by atoms with Crippen molar-refractivity contribution in [1.82, 2.24) is 0 Å². The molecule has 0 aromatic heterocycles. The highest BCUT2D eigenvalue weighted by Crippen LogP contribution is 2.61. The van der Waals surface area contributed by atoms with Gasteiger partial charge in [0.15, 0.2) is 0 Å². The maximum absolute atomic E-state index is 2.50. The first-order chi connectivity index (χ1) is 16.6. The van der Waals surface area contributed by atoms with Crippen molar-refractivity contribution < 1.29 is 0 Å². The molecule has 0 heterocycles. The van der Waals surface area contributed by atoms with E-state index < -0.39 is 0 Å². The van der Waals surface area contributed by atoms with Crippen molar-refractivity contribution in [3.8, 4) is 0 Å². The Hall–Kier alpha value is -3.64. The van der Waals surface area contributed by atoms with E-state index in [0.29, 0.717) is 0 Å². The van der Waals surface area contributed by atoms with Crippen LogP contribution >= 0.6 is 0 Å². The average molecular weight is 439 g/mol. The van der Waals surface area contributed by atoms with Gasteiger partial charge in [0.05, 0.1) is 0 Å². The van der Waals surface area contributed by atoms with E-state index in [2.05, 4.69) is 147 Å². The van der Waals surface area contributed by atoms with Crippen LogP contribution in [0.3, 0.4) is 0 Å². The lowest BCUT2D eigenvalue weighted by atomic mass is 9.48. The highest BCUT2D eigenvalue weighted by Gasteiger charge is 2.56. The van der Waals surface area contributed by atoms with E-state index in [1.165, 1.54) is 33.4 Å². The van der Waals surface area contributed by atoms with Crippen molar-refractivity contribution in [3.05, 3.63) is 155 Å². The summed E-state index contributed by atoms with van der Waals surface area (Å²) in [5.41, 5.74) is 7.88. The zero-order valence-electron chi connectivity index (χ0n) is 19.9. The Balaban J connectivity index is 1.67. The molecule has 0 N–H and O–H groups in total. The molecular formula is C34H30. The topological polar surface area (TPSA) is 0 Å². The van der Waals surface area contributed by atoms with Crippen LogP contribution in [0.5, 0.6) is 0 Å². The Morgan fingerprint density at radius 1 is 0.441 bits per heavy atom. The van der Waals surface area contributed by atoms with E-state index >= 15 is 0 Å². The van der Waals surface area contributed by atoms with Gasteiger partial charge in [-0.05, 0) is 33.4 Å². The van der Waals surface area contributed by atoms with Gasteiger partial charge in [-0.2, -0.15) is 0 Å². The second-order valence-corrected chi connectivity index (χ2v) is 10.1. The molecule has 0 nitrogen and oxygen atoms in total. The zero-order valence-corrected chi connectivity index (χ0v) is 19.9. The quantitative estimate of drug-likeness (QED) is 0.293.